The van der Waals surface area contributed by atoms with Crippen LogP contribution in [0.25, 0.3) is 0 Å². The van der Waals surface area contributed by atoms with Crippen molar-refractivity contribution in [1.82, 2.24) is 4.90 Å². The summed E-state index contributed by atoms with van der Waals surface area (Å²) < 4.78 is 5.64. The monoisotopic (exact) mass is 273 g/mol. The minimum atomic E-state index is 0.159. The maximum atomic E-state index is 5.88. The fraction of sp³-hybridized carbons (Fsp3) is 0.538. The molecule has 1 aliphatic heterocycles. The van der Waals surface area contributed by atoms with Crippen molar-refractivity contribution in [2.75, 3.05) is 25.6 Å². The van der Waals surface area contributed by atoms with Crippen molar-refractivity contribution >= 4 is 23.2 Å². The minimum absolute atomic E-state index is 0.159. The summed E-state index contributed by atoms with van der Waals surface area (Å²) in [6.45, 7) is 3.73. The highest BCUT2D eigenvalue weighted by Crippen LogP contribution is 2.14. The van der Waals surface area contributed by atoms with E-state index in [1.165, 1.54) is 5.56 Å². The van der Waals surface area contributed by atoms with Crippen molar-refractivity contribution < 1.29 is 4.74 Å². The summed E-state index contributed by atoms with van der Waals surface area (Å²) in [5.74, 6) is 0.567. The highest BCUT2D eigenvalue weighted by atomic mass is 35.5. The van der Waals surface area contributed by atoms with E-state index >= 15 is 0 Å². The average Bonchev–Trinajstić information content (AvgIpc) is 2.57. The van der Waals surface area contributed by atoms with Gasteiger partial charge in [-0.3, -0.25) is 4.90 Å². The smallest absolute Gasteiger partial charge is 0.0837 e. The van der Waals surface area contributed by atoms with Gasteiger partial charge in [-0.1, -0.05) is 23.7 Å². The van der Waals surface area contributed by atoms with E-state index in [4.69, 9.17) is 27.9 Å². The Balaban J connectivity index is 1.94. The molecule has 1 aliphatic rings. The third-order valence-electron chi connectivity index (χ3n) is 2.93. The van der Waals surface area contributed by atoms with Gasteiger partial charge >= 0.3 is 0 Å². The first-order chi connectivity index (χ1) is 8.28. The van der Waals surface area contributed by atoms with E-state index in [1.807, 2.05) is 12.1 Å². The van der Waals surface area contributed by atoms with E-state index in [9.17, 15) is 0 Å². The molecule has 0 amide bonds. The Morgan fingerprint density at radius 1 is 1.29 bits per heavy atom. The molecule has 0 radical (unpaired) electrons. The van der Waals surface area contributed by atoms with Crippen LogP contribution in [0, 0.1) is 0 Å². The number of benzene rings is 1. The fourth-order valence-corrected chi connectivity index (χ4v) is 2.37. The lowest BCUT2D eigenvalue weighted by molar-refractivity contribution is 0.0691. The van der Waals surface area contributed by atoms with E-state index in [0.29, 0.717) is 5.88 Å². The maximum Gasteiger partial charge on any atom is 0.0837 e. The third kappa shape index (κ3) is 4.14. The van der Waals surface area contributed by atoms with Gasteiger partial charge < -0.3 is 4.74 Å². The molecular weight excluding hydrogens is 257 g/mol. The Morgan fingerprint density at radius 3 is 2.76 bits per heavy atom. The molecule has 0 bridgehead atoms. The highest BCUT2D eigenvalue weighted by Gasteiger charge is 2.17. The molecule has 94 valence electrons. The molecule has 0 spiro atoms. The predicted molar refractivity (Wildman–Crippen MR) is 71.8 cm³/mol. The molecular formula is C13H17Cl2NO. The van der Waals surface area contributed by atoms with Crippen molar-refractivity contribution in [3.63, 3.8) is 0 Å². The summed E-state index contributed by atoms with van der Waals surface area (Å²) in [6, 6.07) is 8.02. The largest absolute Gasteiger partial charge is 0.376 e. The number of nitrogens with zero attached hydrogens (tertiary/aromatic N) is 1. The molecule has 0 unspecified atom stereocenters. The van der Waals surface area contributed by atoms with Crippen molar-refractivity contribution in [2.45, 2.75) is 19.1 Å². The number of hydrogen-bond acceptors (Lipinski definition) is 2. The SMILES string of the molecule is ClC[C@@H]1CN(Cc2ccc(Cl)cc2)CCCO1. The molecule has 1 atom stereocenters. The summed E-state index contributed by atoms with van der Waals surface area (Å²) in [4.78, 5) is 2.39. The van der Waals surface area contributed by atoms with Crippen LogP contribution in [0.2, 0.25) is 5.02 Å². The van der Waals surface area contributed by atoms with Crippen molar-refractivity contribution in [2.24, 2.45) is 0 Å². The second-order valence-corrected chi connectivity index (χ2v) is 5.11. The Labute approximate surface area is 112 Å². The second kappa shape index (κ2) is 6.60. The first-order valence-electron chi connectivity index (χ1n) is 5.92. The quantitative estimate of drug-likeness (QED) is 0.785. The van der Waals surface area contributed by atoms with Crippen LogP contribution in [0.3, 0.4) is 0 Å². The summed E-state index contributed by atoms with van der Waals surface area (Å²) in [7, 11) is 0. The van der Waals surface area contributed by atoms with Gasteiger partial charge in [0.25, 0.3) is 0 Å². The molecule has 1 saturated heterocycles. The Kier molecular flexibility index (Phi) is 5.11. The zero-order valence-corrected chi connectivity index (χ0v) is 11.3. The van der Waals surface area contributed by atoms with Crippen LogP contribution >= 0.6 is 23.2 Å². The van der Waals surface area contributed by atoms with Crippen molar-refractivity contribution in [3.8, 4) is 0 Å². The lowest BCUT2D eigenvalue weighted by atomic mass is 10.2. The topological polar surface area (TPSA) is 12.5 Å². The van der Waals surface area contributed by atoms with Gasteiger partial charge in [0.1, 0.15) is 0 Å². The van der Waals surface area contributed by atoms with E-state index in [2.05, 4.69) is 17.0 Å². The van der Waals surface area contributed by atoms with Crippen LogP contribution in [-0.2, 0) is 11.3 Å². The maximum absolute atomic E-state index is 5.88. The Bertz CT molecular complexity index is 342. The second-order valence-electron chi connectivity index (χ2n) is 4.36. The van der Waals surface area contributed by atoms with Crippen LogP contribution in [0.4, 0.5) is 0 Å². The molecule has 2 nitrogen and oxygen atoms in total. The van der Waals surface area contributed by atoms with E-state index < -0.39 is 0 Å². The lowest BCUT2D eigenvalue weighted by Gasteiger charge is -2.22. The third-order valence-corrected chi connectivity index (χ3v) is 3.52. The van der Waals surface area contributed by atoms with E-state index in [1.54, 1.807) is 0 Å². The summed E-state index contributed by atoms with van der Waals surface area (Å²) in [5, 5.41) is 0.784. The molecule has 2 rings (SSSR count). The van der Waals surface area contributed by atoms with Gasteiger partial charge in [-0.05, 0) is 24.1 Å². The molecule has 1 heterocycles. The van der Waals surface area contributed by atoms with Gasteiger partial charge in [0.15, 0.2) is 0 Å². The molecule has 17 heavy (non-hydrogen) atoms. The molecule has 1 aromatic rings. The minimum Gasteiger partial charge on any atom is -0.376 e. The van der Waals surface area contributed by atoms with Crippen LogP contribution in [0.1, 0.15) is 12.0 Å². The van der Waals surface area contributed by atoms with Crippen LogP contribution < -0.4 is 0 Å². The molecule has 1 fully saturated rings. The van der Waals surface area contributed by atoms with Gasteiger partial charge in [-0.25, -0.2) is 0 Å². The number of halogens is 2. The number of rotatable bonds is 3. The van der Waals surface area contributed by atoms with E-state index in [-0.39, 0.29) is 6.10 Å². The predicted octanol–water partition coefficient (Wildman–Crippen LogP) is 3.17. The molecule has 0 aromatic heterocycles. The summed E-state index contributed by atoms with van der Waals surface area (Å²) >= 11 is 11.7. The summed E-state index contributed by atoms with van der Waals surface area (Å²) in [5.41, 5.74) is 1.28. The first-order valence-corrected chi connectivity index (χ1v) is 6.83. The Hall–Kier alpha value is -0.280. The Morgan fingerprint density at radius 2 is 2.06 bits per heavy atom. The zero-order chi connectivity index (χ0) is 12.1. The summed E-state index contributed by atoms with van der Waals surface area (Å²) in [6.07, 6.45) is 1.23. The number of hydrogen-bond donors (Lipinski definition) is 0. The lowest BCUT2D eigenvalue weighted by Crippen LogP contribution is -2.32. The van der Waals surface area contributed by atoms with Crippen LogP contribution in [0.5, 0.6) is 0 Å². The molecule has 1 aromatic carbocycles. The van der Waals surface area contributed by atoms with Gasteiger partial charge in [-0.15, -0.1) is 11.6 Å². The zero-order valence-electron chi connectivity index (χ0n) is 9.74. The normalized spacial score (nSPS) is 22.4. The molecule has 0 aliphatic carbocycles. The van der Waals surface area contributed by atoms with Gasteiger partial charge in [0, 0.05) is 37.1 Å². The van der Waals surface area contributed by atoms with Gasteiger partial charge in [0.2, 0.25) is 0 Å². The van der Waals surface area contributed by atoms with Crippen molar-refractivity contribution in [1.29, 1.82) is 0 Å². The molecule has 0 saturated carbocycles. The highest BCUT2D eigenvalue weighted by molar-refractivity contribution is 6.30. The van der Waals surface area contributed by atoms with Crippen LogP contribution in [-0.4, -0.2) is 36.6 Å². The van der Waals surface area contributed by atoms with Gasteiger partial charge in [0.05, 0.1) is 6.10 Å². The molecule has 0 N–H and O–H groups in total. The number of alkyl halides is 1. The fourth-order valence-electron chi connectivity index (χ4n) is 2.06. The van der Waals surface area contributed by atoms with Crippen molar-refractivity contribution in [3.05, 3.63) is 34.9 Å². The molecule has 4 heteroatoms. The van der Waals surface area contributed by atoms with Crippen LogP contribution in [0.15, 0.2) is 24.3 Å². The number of ether oxygens (including phenoxy) is 1. The standard InChI is InChI=1S/C13H17Cl2NO/c14-8-13-10-16(6-1-7-17-13)9-11-2-4-12(15)5-3-11/h2-5,13H,1,6-10H2/t13-/m1/s1. The average molecular weight is 274 g/mol. The first kappa shape index (κ1) is 13.2. The van der Waals surface area contributed by atoms with E-state index in [0.717, 1.165) is 37.7 Å². The van der Waals surface area contributed by atoms with Gasteiger partial charge in [-0.2, -0.15) is 0 Å².